The number of hydrogen-bond donors (Lipinski definition) is 3. The molecule has 6 heteroatoms. The van der Waals surface area contributed by atoms with Crippen molar-refractivity contribution >= 4 is 23.4 Å². The van der Waals surface area contributed by atoms with E-state index in [2.05, 4.69) is 10.6 Å². The Labute approximate surface area is 118 Å². The van der Waals surface area contributed by atoms with Crippen molar-refractivity contribution in [1.82, 2.24) is 0 Å². The molecule has 0 heterocycles. The van der Waals surface area contributed by atoms with Crippen molar-refractivity contribution in [1.29, 1.82) is 0 Å². The lowest BCUT2D eigenvalue weighted by molar-refractivity contribution is -0.119. The Kier molecular flexibility index (Phi) is 6.52. The zero-order chi connectivity index (χ0) is 15.0. The highest BCUT2D eigenvalue weighted by Crippen LogP contribution is 2.15. The molecule has 0 saturated heterocycles. The van der Waals surface area contributed by atoms with Crippen molar-refractivity contribution in [3.8, 4) is 0 Å². The average molecular weight is 279 g/mol. The van der Waals surface area contributed by atoms with Crippen LogP contribution in [-0.2, 0) is 9.53 Å². The normalized spacial score (nSPS) is 11.6. The topological polar surface area (TPSA) is 93.5 Å². The van der Waals surface area contributed by atoms with Gasteiger partial charge in [-0.1, -0.05) is 6.92 Å². The zero-order valence-corrected chi connectivity index (χ0v) is 11.8. The maximum absolute atomic E-state index is 11.8. The molecule has 0 aromatic heterocycles. The molecule has 1 rings (SSSR count). The van der Waals surface area contributed by atoms with Crippen molar-refractivity contribution in [2.45, 2.75) is 20.3 Å². The van der Waals surface area contributed by atoms with E-state index in [1.165, 1.54) is 0 Å². The first kappa shape index (κ1) is 16.0. The molecule has 110 valence electrons. The van der Waals surface area contributed by atoms with Crippen LogP contribution < -0.4 is 16.4 Å². The van der Waals surface area contributed by atoms with Crippen LogP contribution in [0.15, 0.2) is 24.3 Å². The van der Waals surface area contributed by atoms with Crippen LogP contribution in [0.5, 0.6) is 0 Å². The zero-order valence-electron chi connectivity index (χ0n) is 11.8. The van der Waals surface area contributed by atoms with Gasteiger partial charge in [-0.15, -0.1) is 0 Å². The standard InChI is InChI=1S/C14H21N3O3/c1-3-10(9-15)13(18)16-11-5-7-12(8-6-11)17-14(19)20-4-2/h5-8,10H,3-4,9,15H2,1-2H3,(H,16,18)(H,17,19). The van der Waals surface area contributed by atoms with E-state index in [1.807, 2.05) is 6.92 Å². The number of carbonyl (C=O) groups is 2. The molecular formula is C14H21N3O3. The second-order valence-corrected chi connectivity index (χ2v) is 4.25. The summed E-state index contributed by atoms with van der Waals surface area (Å²) in [5.74, 6) is -0.284. The molecule has 20 heavy (non-hydrogen) atoms. The van der Waals surface area contributed by atoms with Gasteiger partial charge in [0.25, 0.3) is 0 Å². The van der Waals surface area contributed by atoms with Crippen LogP contribution >= 0.6 is 0 Å². The molecule has 0 fully saturated rings. The SMILES string of the molecule is CCOC(=O)Nc1ccc(NC(=O)C(CC)CN)cc1. The van der Waals surface area contributed by atoms with Gasteiger partial charge in [0.1, 0.15) is 0 Å². The summed E-state index contributed by atoms with van der Waals surface area (Å²) >= 11 is 0. The predicted molar refractivity (Wildman–Crippen MR) is 78.6 cm³/mol. The number of benzene rings is 1. The Morgan fingerprint density at radius 3 is 2.15 bits per heavy atom. The second kappa shape index (κ2) is 8.16. The number of nitrogens with one attached hydrogen (secondary N) is 2. The van der Waals surface area contributed by atoms with Crippen LogP contribution in [0, 0.1) is 5.92 Å². The number of anilines is 2. The molecule has 1 unspecified atom stereocenters. The minimum absolute atomic E-state index is 0.0962. The highest BCUT2D eigenvalue weighted by atomic mass is 16.5. The molecule has 1 aromatic rings. The van der Waals surface area contributed by atoms with Gasteiger partial charge >= 0.3 is 6.09 Å². The Morgan fingerprint density at radius 2 is 1.70 bits per heavy atom. The maximum Gasteiger partial charge on any atom is 0.411 e. The van der Waals surface area contributed by atoms with E-state index >= 15 is 0 Å². The molecule has 1 atom stereocenters. The summed E-state index contributed by atoms with van der Waals surface area (Å²) < 4.78 is 4.77. The molecule has 4 N–H and O–H groups in total. The number of hydrogen-bond acceptors (Lipinski definition) is 4. The quantitative estimate of drug-likeness (QED) is 0.744. The van der Waals surface area contributed by atoms with Gasteiger partial charge in [0.15, 0.2) is 0 Å². The third-order valence-corrected chi connectivity index (χ3v) is 2.82. The molecule has 1 aromatic carbocycles. The van der Waals surface area contributed by atoms with E-state index in [0.29, 0.717) is 30.9 Å². The molecule has 6 nitrogen and oxygen atoms in total. The summed E-state index contributed by atoms with van der Waals surface area (Å²) in [7, 11) is 0. The van der Waals surface area contributed by atoms with E-state index in [0.717, 1.165) is 0 Å². The number of carbonyl (C=O) groups excluding carboxylic acids is 2. The molecule has 0 saturated carbocycles. The Hall–Kier alpha value is -2.08. The monoisotopic (exact) mass is 279 g/mol. The summed E-state index contributed by atoms with van der Waals surface area (Å²) in [6.07, 6.45) is 0.198. The molecule has 0 aliphatic carbocycles. The van der Waals surface area contributed by atoms with Crippen molar-refractivity contribution < 1.29 is 14.3 Å². The van der Waals surface area contributed by atoms with Gasteiger partial charge in [0.2, 0.25) is 5.91 Å². The summed E-state index contributed by atoms with van der Waals surface area (Å²) in [6.45, 7) is 4.30. The first-order valence-corrected chi connectivity index (χ1v) is 6.65. The van der Waals surface area contributed by atoms with Crippen LogP contribution in [0.3, 0.4) is 0 Å². The van der Waals surface area contributed by atoms with Gasteiger partial charge in [-0.05, 0) is 37.6 Å². The second-order valence-electron chi connectivity index (χ2n) is 4.25. The average Bonchev–Trinajstić information content (AvgIpc) is 2.42. The fourth-order valence-corrected chi connectivity index (χ4v) is 1.63. The number of rotatable bonds is 6. The minimum Gasteiger partial charge on any atom is -0.450 e. The van der Waals surface area contributed by atoms with E-state index in [4.69, 9.17) is 10.5 Å². The van der Waals surface area contributed by atoms with Gasteiger partial charge in [0.05, 0.1) is 12.5 Å². The summed E-state index contributed by atoms with van der Waals surface area (Å²) in [4.78, 5) is 23.1. The van der Waals surface area contributed by atoms with Crippen molar-refractivity contribution in [2.75, 3.05) is 23.8 Å². The Morgan fingerprint density at radius 1 is 1.15 bits per heavy atom. The molecule has 2 amide bonds. The molecule has 0 radical (unpaired) electrons. The molecule has 0 aliphatic rings. The lowest BCUT2D eigenvalue weighted by Crippen LogP contribution is -2.28. The predicted octanol–water partition coefficient (Wildman–Crippen LogP) is 2.18. The number of ether oxygens (including phenoxy) is 1. The van der Waals surface area contributed by atoms with Crippen LogP contribution in [0.1, 0.15) is 20.3 Å². The van der Waals surface area contributed by atoms with Gasteiger partial charge in [-0.2, -0.15) is 0 Å². The lowest BCUT2D eigenvalue weighted by atomic mass is 10.1. The highest BCUT2D eigenvalue weighted by molar-refractivity contribution is 5.93. The molecule has 0 spiro atoms. The first-order valence-electron chi connectivity index (χ1n) is 6.65. The van der Waals surface area contributed by atoms with E-state index in [-0.39, 0.29) is 11.8 Å². The van der Waals surface area contributed by atoms with Crippen molar-refractivity contribution in [2.24, 2.45) is 11.7 Å². The summed E-state index contributed by atoms with van der Waals surface area (Å²) in [5.41, 5.74) is 6.79. The third-order valence-electron chi connectivity index (χ3n) is 2.82. The van der Waals surface area contributed by atoms with Gasteiger partial charge in [-0.25, -0.2) is 4.79 Å². The number of nitrogens with two attached hydrogens (primary N) is 1. The Balaban J connectivity index is 2.58. The van der Waals surface area contributed by atoms with Crippen LogP contribution in [0.2, 0.25) is 0 Å². The van der Waals surface area contributed by atoms with Crippen molar-refractivity contribution in [3.05, 3.63) is 24.3 Å². The summed E-state index contributed by atoms with van der Waals surface area (Å²) in [6, 6.07) is 6.80. The first-order chi connectivity index (χ1) is 9.60. The Bertz CT molecular complexity index is 441. The fraction of sp³-hybridized carbons (Fsp3) is 0.429. The summed E-state index contributed by atoms with van der Waals surface area (Å²) in [5, 5.41) is 5.36. The van der Waals surface area contributed by atoms with E-state index < -0.39 is 6.09 Å². The molecule has 0 aliphatic heterocycles. The van der Waals surface area contributed by atoms with Crippen LogP contribution in [-0.4, -0.2) is 25.2 Å². The smallest absolute Gasteiger partial charge is 0.411 e. The van der Waals surface area contributed by atoms with Crippen molar-refractivity contribution in [3.63, 3.8) is 0 Å². The van der Waals surface area contributed by atoms with Gasteiger partial charge < -0.3 is 15.8 Å². The number of amides is 2. The third kappa shape index (κ3) is 4.89. The fourth-order valence-electron chi connectivity index (χ4n) is 1.63. The molecular weight excluding hydrogens is 258 g/mol. The largest absolute Gasteiger partial charge is 0.450 e. The highest BCUT2D eigenvalue weighted by Gasteiger charge is 2.14. The maximum atomic E-state index is 11.8. The minimum atomic E-state index is -0.501. The van der Waals surface area contributed by atoms with Gasteiger partial charge in [0, 0.05) is 17.9 Å². The molecule has 0 bridgehead atoms. The van der Waals surface area contributed by atoms with Crippen LogP contribution in [0.25, 0.3) is 0 Å². The van der Waals surface area contributed by atoms with Gasteiger partial charge in [-0.3, -0.25) is 10.1 Å². The van der Waals surface area contributed by atoms with E-state index in [9.17, 15) is 9.59 Å². The van der Waals surface area contributed by atoms with E-state index in [1.54, 1.807) is 31.2 Å². The van der Waals surface area contributed by atoms with Crippen LogP contribution in [0.4, 0.5) is 16.2 Å². The lowest BCUT2D eigenvalue weighted by Gasteiger charge is -2.13.